The molecule has 0 saturated heterocycles. The van der Waals surface area contributed by atoms with Crippen molar-refractivity contribution in [2.75, 3.05) is 11.9 Å². The zero-order valence-electron chi connectivity index (χ0n) is 11.2. The van der Waals surface area contributed by atoms with Crippen LogP contribution in [0.25, 0.3) is 0 Å². The van der Waals surface area contributed by atoms with Gasteiger partial charge in [0.15, 0.2) is 5.84 Å². The fraction of sp³-hybridized carbons (Fsp3) is 0.500. The van der Waals surface area contributed by atoms with E-state index < -0.39 is 4.92 Å². The van der Waals surface area contributed by atoms with Gasteiger partial charge < -0.3 is 15.8 Å². The summed E-state index contributed by atoms with van der Waals surface area (Å²) in [4.78, 5) is 16.7. The lowest BCUT2D eigenvalue weighted by molar-refractivity contribution is -0.384. The van der Waals surface area contributed by atoms with Gasteiger partial charge in [0.25, 0.3) is 0 Å². The molecule has 3 N–H and O–H groups in total. The minimum atomic E-state index is -0.498. The molecule has 0 amide bonds. The monoisotopic (exact) mass is 279 g/mol. The van der Waals surface area contributed by atoms with Gasteiger partial charge in [0.2, 0.25) is 5.82 Å². The van der Waals surface area contributed by atoms with E-state index in [1.807, 2.05) is 11.9 Å². The van der Waals surface area contributed by atoms with Crippen LogP contribution in [0.5, 0.6) is 0 Å². The topological polar surface area (TPSA) is 118 Å². The minimum absolute atomic E-state index is 0.136. The van der Waals surface area contributed by atoms with Crippen LogP contribution in [-0.2, 0) is 0 Å². The van der Waals surface area contributed by atoms with Crippen molar-refractivity contribution in [3.05, 3.63) is 27.9 Å². The average Bonchev–Trinajstić information content (AvgIpc) is 2.99. The van der Waals surface area contributed by atoms with Gasteiger partial charge >= 0.3 is 5.69 Å². The number of oxime groups is 1. The molecule has 1 saturated carbocycles. The second-order valence-corrected chi connectivity index (χ2v) is 4.86. The van der Waals surface area contributed by atoms with Crippen LogP contribution in [0.4, 0.5) is 11.5 Å². The van der Waals surface area contributed by atoms with Crippen LogP contribution >= 0.6 is 0 Å². The number of hydrogen-bond acceptors (Lipinski definition) is 6. The molecular formula is C12H17N5O3. The minimum Gasteiger partial charge on any atom is -0.409 e. The molecule has 0 aromatic carbocycles. The number of rotatable bonds is 4. The fourth-order valence-electron chi connectivity index (χ4n) is 2.51. The molecule has 8 heteroatoms. The highest BCUT2D eigenvalue weighted by Crippen LogP contribution is 2.31. The van der Waals surface area contributed by atoms with Crippen LogP contribution in [0.15, 0.2) is 17.4 Å². The number of nitro groups is 1. The first-order valence-electron chi connectivity index (χ1n) is 6.39. The van der Waals surface area contributed by atoms with Crippen molar-refractivity contribution in [3.8, 4) is 0 Å². The Morgan fingerprint density at radius 2 is 2.25 bits per heavy atom. The van der Waals surface area contributed by atoms with Gasteiger partial charge in [-0.05, 0) is 12.8 Å². The molecule has 20 heavy (non-hydrogen) atoms. The first kappa shape index (κ1) is 14.0. The molecule has 0 aliphatic heterocycles. The third-order valence-corrected chi connectivity index (χ3v) is 3.65. The Balaban J connectivity index is 2.39. The number of nitrogens with zero attached hydrogens (tertiary/aromatic N) is 4. The third-order valence-electron chi connectivity index (χ3n) is 3.65. The number of anilines is 1. The second kappa shape index (κ2) is 5.72. The summed E-state index contributed by atoms with van der Waals surface area (Å²) in [5, 5.41) is 22.7. The zero-order chi connectivity index (χ0) is 14.7. The number of pyridine rings is 1. The molecule has 0 spiro atoms. The maximum Gasteiger partial charge on any atom is 0.312 e. The molecule has 108 valence electrons. The van der Waals surface area contributed by atoms with E-state index in [0.29, 0.717) is 5.82 Å². The molecular weight excluding hydrogens is 262 g/mol. The van der Waals surface area contributed by atoms with E-state index in [9.17, 15) is 10.1 Å². The summed E-state index contributed by atoms with van der Waals surface area (Å²) in [7, 11) is 1.81. The molecule has 0 atom stereocenters. The second-order valence-electron chi connectivity index (χ2n) is 4.86. The summed E-state index contributed by atoms with van der Waals surface area (Å²) in [6, 6.07) is 1.55. The van der Waals surface area contributed by atoms with Crippen molar-refractivity contribution in [1.82, 2.24) is 4.98 Å². The SMILES string of the molecule is CN(c1ncc(C(N)=NO)cc1[N+](=O)[O-])C1CCCC1. The normalized spacial score (nSPS) is 16.4. The Labute approximate surface area is 116 Å². The summed E-state index contributed by atoms with van der Waals surface area (Å²) < 4.78 is 0. The van der Waals surface area contributed by atoms with Gasteiger partial charge in [0.05, 0.1) is 4.92 Å². The lowest BCUT2D eigenvalue weighted by Crippen LogP contribution is -2.30. The number of hydrogen-bond donors (Lipinski definition) is 2. The van der Waals surface area contributed by atoms with Gasteiger partial charge in [-0.3, -0.25) is 10.1 Å². The van der Waals surface area contributed by atoms with Crippen molar-refractivity contribution in [2.45, 2.75) is 31.7 Å². The molecule has 1 heterocycles. The fourth-order valence-corrected chi connectivity index (χ4v) is 2.51. The highest BCUT2D eigenvalue weighted by atomic mass is 16.6. The highest BCUT2D eigenvalue weighted by molar-refractivity contribution is 5.97. The predicted molar refractivity (Wildman–Crippen MR) is 74.1 cm³/mol. The first-order chi connectivity index (χ1) is 9.54. The van der Waals surface area contributed by atoms with E-state index in [2.05, 4.69) is 10.1 Å². The van der Waals surface area contributed by atoms with Gasteiger partial charge in [-0.1, -0.05) is 18.0 Å². The Morgan fingerprint density at radius 1 is 1.60 bits per heavy atom. The maximum absolute atomic E-state index is 11.2. The first-order valence-corrected chi connectivity index (χ1v) is 6.39. The summed E-state index contributed by atoms with van der Waals surface area (Å²) >= 11 is 0. The van der Waals surface area contributed by atoms with Crippen molar-refractivity contribution < 1.29 is 10.1 Å². The molecule has 1 aromatic rings. The van der Waals surface area contributed by atoms with E-state index in [1.165, 1.54) is 12.3 Å². The standard InChI is InChI=1S/C12H17N5O3/c1-16(9-4-2-3-5-9)12-10(17(19)20)6-8(7-14-12)11(13)15-18/h6-7,9,18H,2-5H2,1H3,(H2,13,15). The molecule has 1 aliphatic carbocycles. The predicted octanol–water partition coefficient (Wildman–Crippen LogP) is 1.46. The van der Waals surface area contributed by atoms with Crippen LogP contribution in [-0.4, -0.2) is 34.0 Å². The van der Waals surface area contributed by atoms with Crippen LogP contribution in [0.2, 0.25) is 0 Å². The van der Waals surface area contributed by atoms with Gasteiger partial charge in [0, 0.05) is 30.9 Å². The van der Waals surface area contributed by atoms with Gasteiger partial charge in [0.1, 0.15) is 0 Å². The maximum atomic E-state index is 11.2. The molecule has 1 fully saturated rings. The van der Waals surface area contributed by atoms with Crippen LogP contribution < -0.4 is 10.6 Å². The lowest BCUT2D eigenvalue weighted by atomic mass is 10.2. The third kappa shape index (κ3) is 2.63. The summed E-state index contributed by atoms with van der Waals surface area (Å²) in [6.45, 7) is 0. The Bertz CT molecular complexity index is 540. The Morgan fingerprint density at radius 3 is 2.80 bits per heavy atom. The van der Waals surface area contributed by atoms with Crippen LogP contribution in [0.3, 0.4) is 0 Å². The smallest absolute Gasteiger partial charge is 0.312 e. The number of aromatic nitrogens is 1. The van der Waals surface area contributed by atoms with Crippen molar-refractivity contribution in [3.63, 3.8) is 0 Å². The summed E-state index contributed by atoms with van der Waals surface area (Å²) in [6.07, 6.45) is 5.66. The molecule has 0 radical (unpaired) electrons. The van der Waals surface area contributed by atoms with Crippen molar-refractivity contribution >= 4 is 17.3 Å². The molecule has 1 aliphatic rings. The molecule has 8 nitrogen and oxygen atoms in total. The van der Waals surface area contributed by atoms with Crippen molar-refractivity contribution in [1.29, 1.82) is 0 Å². The number of nitrogens with two attached hydrogens (primary N) is 1. The number of amidine groups is 1. The van der Waals surface area contributed by atoms with Gasteiger partial charge in [-0.15, -0.1) is 0 Å². The van der Waals surface area contributed by atoms with E-state index in [0.717, 1.165) is 25.7 Å². The zero-order valence-corrected chi connectivity index (χ0v) is 11.2. The van der Waals surface area contributed by atoms with E-state index in [4.69, 9.17) is 10.9 Å². The van der Waals surface area contributed by atoms with E-state index in [1.54, 1.807) is 0 Å². The molecule has 2 rings (SSSR count). The van der Waals surface area contributed by atoms with Crippen LogP contribution in [0, 0.1) is 10.1 Å². The molecule has 0 unspecified atom stereocenters. The van der Waals surface area contributed by atoms with Crippen LogP contribution in [0.1, 0.15) is 31.2 Å². The summed E-state index contributed by atoms with van der Waals surface area (Å²) in [5.41, 5.74) is 5.52. The lowest BCUT2D eigenvalue weighted by Gasteiger charge is -2.25. The highest BCUT2D eigenvalue weighted by Gasteiger charge is 2.27. The van der Waals surface area contributed by atoms with Gasteiger partial charge in [-0.2, -0.15) is 0 Å². The Hall–Kier alpha value is -2.38. The largest absolute Gasteiger partial charge is 0.409 e. The van der Waals surface area contributed by atoms with E-state index >= 15 is 0 Å². The molecule has 1 aromatic heterocycles. The summed E-state index contributed by atoms with van der Waals surface area (Å²) in [5.74, 6) is 0.118. The quantitative estimate of drug-likeness (QED) is 0.283. The molecule has 0 bridgehead atoms. The van der Waals surface area contributed by atoms with Crippen molar-refractivity contribution in [2.24, 2.45) is 10.9 Å². The average molecular weight is 279 g/mol. The van der Waals surface area contributed by atoms with Gasteiger partial charge in [-0.25, -0.2) is 4.98 Å². The Kier molecular flexibility index (Phi) is 4.02. The van der Waals surface area contributed by atoms with E-state index in [-0.39, 0.29) is 23.1 Å².